The lowest BCUT2D eigenvalue weighted by molar-refractivity contribution is -0.122. The predicted molar refractivity (Wildman–Crippen MR) is 130 cm³/mol. The van der Waals surface area contributed by atoms with Gasteiger partial charge in [0.2, 0.25) is 11.8 Å². The van der Waals surface area contributed by atoms with Gasteiger partial charge in [0.05, 0.1) is 0 Å². The lowest BCUT2D eigenvalue weighted by Gasteiger charge is -2.08. The lowest BCUT2D eigenvalue weighted by Crippen LogP contribution is -2.34. The minimum absolute atomic E-state index is 0.0445. The average molecular weight is 465 g/mol. The Balaban J connectivity index is 3.33. The van der Waals surface area contributed by atoms with E-state index in [0.717, 1.165) is 62.3 Å². The maximum Gasteiger partial charge on any atom is 0.220 e. The minimum Gasteiger partial charge on any atom is -0.381 e. The largest absolute Gasteiger partial charge is 0.381 e. The van der Waals surface area contributed by atoms with Crippen molar-refractivity contribution in [1.82, 2.24) is 10.6 Å². The molecule has 8 heteroatoms. The Morgan fingerprint density at radius 1 is 0.700 bits per heavy atom. The van der Waals surface area contributed by atoms with Gasteiger partial charge in [-0.15, -0.1) is 0 Å². The smallest absolute Gasteiger partial charge is 0.220 e. The van der Waals surface area contributed by atoms with Crippen molar-refractivity contribution in [2.24, 2.45) is 11.8 Å². The van der Waals surface area contributed by atoms with Crippen molar-refractivity contribution in [2.45, 2.75) is 53.4 Å². The highest BCUT2D eigenvalue weighted by Gasteiger charge is 2.03. The molecule has 0 heterocycles. The molecular weight excluding hydrogens is 420 g/mol. The number of carbonyl (C=O) groups is 2. The van der Waals surface area contributed by atoms with Crippen LogP contribution in [0.1, 0.15) is 53.4 Å². The van der Waals surface area contributed by atoms with Crippen LogP contribution in [0.15, 0.2) is 0 Å². The van der Waals surface area contributed by atoms with Gasteiger partial charge in [0.15, 0.2) is 0 Å². The second kappa shape index (κ2) is 21.8. The molecule has 0 bridgehead atoms. The second-order valence-electron chi connectivity index (χ2n) is 8.07. The Morgan fingerprint density at radius 3 is 1.47 bits per heavy atom. The van der Waals surface area contributed by atoms with Crippen molar-refractivity contribution in [2.75, 3.05) is 62.5 Å². The Labute approximate surface area is 192 Å². The highest BCUT2D eigenvalue weighted by atomic mass is 32.2. The van der Waals surface area contributed by atoms with Crippen LogP contribution in [0.2, 0.25) is 0 Å². The average Bonchev–Trinajstić information content (AvgIpc) is 2.68. The molecule has 0 aromatic rings. The minimum atomic E-state index is 0.0445. The lowest BCUT2D eigenvalue weighted by atomic mass is 10.2. The van der Waals surface area contributed by atoms with E-state index in [1.807, 2.05) is 0 Å². The Hall–Kier alpha value is -0.440. The molecule has 0 aromatic carbocycles. The van der Waals surface area contributed by atoms with E-state index in [4.69, 9.17) is 9.47 Å². The normalized spacial score (nSPS) is 11.3. The van der Waals surface area contributed by atoms with E-state index >= 15 is 0 Å². The summed E-state index contributed by atoms with van der Waals surface area (Å²) in [5.41, 5.74) is 0. The first-order valence-corrected chi connectivity index (χ1v) is 13.6. The third-order valence-electron chi connectivity index (χ3n) is 3.77. The summed E-state index contributed by atoms with van der Waals surface area (Å²) in [5, 5.41) is 5.71. The first-order chi connectivity index (χ1) is 14.4. The van der Waals surface area contributed by atoms with Gasteiger partial charge in [-0.3, -0.25) is 9.59 Å². The van der Waals surface area contributed by atoms with Crippen LogP contribution in [0.4, 0.5) is 0 Å². The van der Waals surface area contributed by atoms with Crippen molar-refractivity contribution in [3.63, 3.8) is 0 Å². The Morgan fingerprint density at radius 2 is 1.10 bits per heavy atom. The van der Waals surface area contributed by atoms with Crippen molar-refractivity contribution in [1.29, 1.82) is 0 Å². The molecule has 0 radical (unpaired) electrons. The predicted octanol–water partition coefficient (Wildman–Crippen LogP) is 3.59. The first-order valence-electron chi connectivity index (χ1n) is 11.3. The molecular formula is C22H44N2O4S2. The van der Waals surface area contributed by atoms with Crippen LogP contribution >= 0.6 is 23.5 Å². The van der Waals surface area contributed by atoms with Gasteiger partial charge in [-0.05, 0) is 36.2 Å². The SMILES string of the molecule is CC(C)COCCCSCCC(=O)NCCNC(=O)CCSCCCOCC(C)C. The zero-order valence-electron chi connectivity index (χ0n) is 19.5. The number of hydrogen-bond donors (Lipinski definition) is 2. The number of thioether (sulfide) groups is 2. The quantitative estimate of drug-likeness (QED) is 0.253. The molecule has 0 fully saturated rings. The highest BCUT2D eigenvalue weighted by molar-refractivity contribution is 7.99. The summed E-state index contributed by atoms with van der Waals surface area (Å²) in [6.07, 6.45) is 3.08. The van der Waals surface area contributed by atoms with Crippen molar-refractivity contribution < 1.29 is 19.1 Å². The van der Waals surface area contributed by atoms with Crippen molar-refractivity contribution in [3.8, 4) is 0 Å². The summed E-state index contributed by atoms with van der Waals surface area (Å²) >= 11 is 3.56. The van der Waals surface area contributed by atoms with Crippen LogP contribution in [-0.2, 0) is 19.1 Å². The molecule has 0 aliphatic rings. The summed E-state index contributed by atoms with van der Waals surface area (Å²) in [7, 11) is 0. The number of carbonyl (C=O) groups excluding carboxylic acids is 2. The van der Waals surface area contributed by atoms with Gasteiger partial charge in [-0.1, -0.05) is 27.7 Å². The maximum absolute atomic E-state index is 11.8. The molecule has 0 saturated heterocycles. The molecule has 6 nitrogen and oxygen atoms in total. The van der Waals surface area contributed by atoms with Crippen molar-refractivity contribution in [3.05, 3.63) is 0 Å². The summed E-state index contributed by atoms with van der Waals surface area (Å²) < 4.78 is 11.1. The summed E-state index contributed by atoms with van der Waals surface area (Å²) in [6, 6.07) is 0. The molecule has 0 spiro atoms. The van der Waals surface area contributed by atoms with Crippen LogP contribution in [0.3, 0.4) is 0 Å². The van der Waals surface area contributed by atoms with Gasteiger partial charge in [-0.25, -0.2) is 0 Å². The van der Waals surface area contributed by atoms with Gasteiger partial charge in [0, 0.05) is 63.9 Å². The second-order valence-corrected chi connectivity index (χ2v) is 10.5. The number of amides is 2. The molecule has 0 saturated carbocycles. The molecule has 178 valence electrons. The van der Waals surface area contributed by atoms with E-state index in [2.05, 4.69) is 38.3 Å². The van der Waals surface area contributed by atoms with Crippen molar-refractivity contribution >= 4 is 35.3 Å². The fourth-order valence-corrected chi connectivity index (χ4v) is 3.99. The van der Waals surface area contributed by atoms with Gasteiger partial charge in [0.25, 0.3) is 0 Å². The van der Waals surface area contributed by atoms with E-state index in [1.165, 1.54) is 0 Å². The van der Waals surface area contributed by atoms with E-state index in [0.29, 0.717) is 37.8 Å². The molecule has 0 rings (SSSR count). The molecule has 0 atom stereocenters. The fourth-order valence-electron chi connectivity index (χ4n) is 2.28. The molecule has 0 unspecified atom stereocenters. The summed E-state index contributed by atoms with van der Waals surface area (Å²) in [6.45, 7) is 12.8. The van der Waals surface area contributed by atoms with E-state index in [1.54, 1.807) is 23.5 Å². The highest BCUT2D eigenvalue weighted by Crippen LogP contribution is 2.06. The Bertz CT molecular complexity index is 386. The maximum atomic E-state index is 11.8. The van der Waals surface area contributed by atoms with Crippen LogP contribution in [0.25, 0.3) is 0 Å². The molecule has 2 amide bonds. The van der Waals surface area contributed by atoms with Gasteiger partial charge in [-0.2, -0.15) is 23.5 Å². The summed E-state index contributed by atoms with van der Waals surface area (Å²) in [5.74, 6) is 4.93. The number of ether oxygens (including phenoxy) is 2. The van der Waals surface area contributed by atoms with Crippen LogP contribution in [0.5, 0.6) is 0 Å². The van der Waals surface area contributed by atoms with Gasteiger partial charge in [0.1, 0.15) is 0 Å². The molecule has 0 aromatic heterocycles. The number of hydrogen-bond acceptors (Lipinski definition) is 6. The standard InChI is InChI=1S/C22H44N2O4S2/c1-19(2)17-27-11-5-13-29-15-7-21(25)23-9-10-24-22(26)8-16-30-14-6-12-28-18-20(3)4/h19-20H,5-18H2,1-4H3,(H,23,25)(H,24,26). The molecule has 0 aliphatic carbocycles. The fraction of sp³-hybridized carbons (Fsp3) is 0.909. The summed E-state index contributed by atoms with van der Waals surface area (Å²) in [4.78, 5) is 23.6. The van der Waals surface area contributed by atoms with Gasteiger partial charge >= 0.3 is 0 Å². The first kappa shape index (κ1) is 29.6. The molecule has 2 N–H and O–H groups in total. The van der Waals surface area contributed by atoms with E-state index in [-0.39, 0.29) is 11.8 Å². The third kappa shape index (κ3) is 23.8. The zero-order chi connectivity index (χ0) is 22.5. The number of rotatable bonds is 21. The Kier molecular flexibility index (Phi) is 21.5. The zero-order valence-corrected chi connectivity index (χ0v) is 21.1. The van der Waals surface area contributed by atoms with Crippen LogP contribution < -0.4 is 10.6 Å². The van der Waals surface area contributed by atoms with Crippen LogP contribution in [0, 0.1) is 11.8 Å². The van der Waals surface area contributed by atoms with E-state index in [9.17, 15) is 9.59 Å². The topological polar surface area (TPSA) is 76.7 Å². The number of nitrogens with one attached hydrogen (secondary N) is 2. The third-order valence-corrected chi connectivity index (χ3v) is 5.91. The van der Waals surface area contributed by atoms with Gasteiger partial charge < -0.3 is 20.1 Å². The molecule has 30 heavy (non-hydrogen) atoms. The monoisotopic (exact) mass is 464 g/mol. The van der Waals surface area contributed by atoms with E-state index < -0.39 is 0 Å². The molecule has 0 aliphatic heterocycles. The van der Waals surface area contributed by atoms with Crippen LogP contribution in [-0.4, -0.2) is 74.3 Å².